The minimum Gasteiger partial charge on any atom is -0.310 e. The largest absolute Gasteiger partial charge is 0.310 e. The maximum absolute atomic E-state index is 2.42. The summed E-state index contributed by atoms with van der Waals surface area (Å²) in [6.07, 6.45) is 8.98. The van der Waals surface area contributed by atoms with E-state index in [-0.39, 0.29) is 10.8 Å². The van der Waals surface area contributed by atoms with Crippen LogP contribution in [0.3, 0.4) is 0 Å². The summed E-state index contributed by atoms with van der Waals surface area (Å²) in [6.45, 7) is 13.8. The fourth-order valence-electron chi connectivity index (χ4n) is 12.2. The van der Waals surface area contributed by atoms with Crippen molar-refractivity contribution in [2.45, 2.75) is 52.4 Å². The lowest BCUT2D eigenvalue weighted by Crippen LogP contribution is -2.16. The lowest BCUT2D eigenvalue weighted by molar-refractivity contribution is 0.660. The summed E-state index contributed by atoms with van der Waals surface area (Å²) in [4.78, 5) is 4.78. The molecule has 386 valence electrons. The van der Waals surface area contributed by atoms with Crippen LogP contribution in [0, 0.1) is 13.8 Å². The number of hydrogen-bond donors (Lipinski definition) is 0. The Balaban J connectivity index is 0.708. The van der Waals surface area contributed by atoms with Crippen LogP contribution in [0.15, 0.2) is 255 Å². The molecule has 0 aromatic heterocycles. The first-order chi connectivity index (χ1) is 38.9. The zero-order valence-electron chi connectivity index (χ0n) is 46.5. The minimum atomic E-state index is -0.183. The number of hydrogen-bond acceptors (Lipinski definition) is 2. The van der Waals surface area contributed by atoms with Crippen LogP contribution < -0.4 is 9.80 Å². The van der Waals surface area contributed by atoms with Crippen LogP contribution in [-0.4, -0.2) is 0 Å². The van der Waals surface area contributed by atoms with Gasteiger partial charge < -0.3 is 9.80 Å². The maximum Gasteiger partial charge on any atom is 0.0465 e. The summed E-state index contributed by atoms with van der Waals surface area (Å²) < 4.78 is 0. The van der Waals surface area contributed by atoms with Crippen molar-refractivity contribution in [3.05, 3.63) is 310 Å². The lowest BCUT2D eigenvalue weighted by atomic mass is 9.81. The third-order valence-electron chi connectivity index (χ3n) is 16.8. The fraction of sp³-hybridized carbons (Fsp3) is 0.103. The van der Waals surface area contributed by atoms with Crippen molar-refractivity contribution in [3.8, 4) is 44.5 Å². The number of anilines is 6. The lowest BCUT2D eigenvalue weighted by Gasteiger charge is -2.28. The zero-order valence-corrected chi connectivity index (χ0v) is 46.5. The van der Waals surface area contributed by atoms with Crippen molar-refractivity contribution in [1.29, 1.82) is 0 Å². The van der Waals surface area contributed by atoms with Crippen LogP contribution in [0.4, 0.5) is 34.1 Å². The van der Waals surface area contributed by atoms with Crippen LogP contribution in [0.5, 0.6) is 0 Å². The molecule has 2 aliphatic carbocycles. The number of nitrogens with zero attached hydrogens (tertiary/aromatic N) is 2. The van der Waals surface area contributed by atoms with Gasteiger partial charge in [-0.25, -0.2) is 0 Å². The molecule has 80 heavy (non-hydrogen) atoms. The Hall–Kier alpha value is -9.50. The second kappa shape index (κ2) is 20.4. The Morgan fingerprint density at radius 2 is 0.512 bits per heavy atom. The van der Waals surface area contributed by atoms with Gasteiger partial charge in [-0.1, -0.05) is 245 Å². The molecule has 0 radical (unpaired) electrons. The zero-order chi connectivity index (χ0) is 54.5. The van der Waals surface area contributed by atoms with E-state index < -0.39 is 0 Å². The Kier molecular flexibility index (Phi) is 12.7. The van der Waals surface area contributed by atoms with Crippen molar-refractivity contribution in [1.82, 2.24) is 0 Å². The monoisotopic (exact) mass is 1030 g/mol. The average Bonchev–Trinajstić information content (AvgIpc) is 3.97. The quantitative estimate of drug-likeness (QED) is 0.113. The molecule has 0 spiro atoms. The Labute approximate surface area is 473 Å². The summed E-state index contributed by atoms with van der Waals surface area (Å²) in [5, 5.41) is 0. The SMILES string of the molecule is Cc1ccc(N(c2ccc(-c3ccccc3)cc2)c2ccc3c(c2)C(C)(C)c2cc(/C=C/c4ccc(/C=C/c5ccc6c(c5)C(C)(C)c5cc(N(c7ccc(C)cc7)c7ccc(-c8ccccc8)cc7)ccc5-6)cc4)ccc2-3)cc1. The predicted octanol–water partition coefficient (Wildman–Crippen LogP) is 21.5. The molecule has 0 fully saturated rings. The van der Waals surface area contributed by atoms with E-state index in [1.807, 2.05) is 0 Å². The first kappa shape index (κ1) is 50.0. The molecule has 2 aliphatic rings. The summed E-state index contributed by atoms with van der Waals surface area (Å²) in [5.41, 5.74) is 29.2. The van der Waals surface area contributed by atoms with Gasteiger partial charge in [-0.2, -0.15) is 0 Å². The normalized spacial score (nSPS) is 13.5. The molecule has 0 unspecified atom stereocenters. The average molecular weight is 1030 g/mol. The summed E-state index contributed by atoms with van der Waals surface area (Å²) in [7, 11) is 0. The Bertz CT molecular complexity index is 3850. The molecule has 11 aromatic carbocycles. The van der Waals surface area contributed by atoms with Gasteiger partial charge in [0.2, 0.25) is 0 Å². The molecule has 0 N–H and O–H groups in total. The van der Waals surface area contributed by atoms with Gasteiger partial charge >= 0.3 is 0 Å². The molecule has 13 rings (SSSR count). The summed E-state index contributed by atoms with van der Waals surface area (Å²) >= 11 is 0. The molecule has 0 saturated heterocycles. The molecule has 2 heteroatoms. The van der Waals surface area contributed by atoms with E-state index in [1.165, 1.54) is 100 Å². The first-order valence-corrected chi connectivity index (χ1v) is 28.0. The Morgan fingerprint density at radius 3 is 0.863 bits per heavy atom. The van der Waals surface area contributed by atoms with Crippen molar-refractivity contribution in [2.24, 2.45) is 0 Å². The van der Waals surface area contributed by atoms with Crippen molar-refractivity contribution < 1.29 is 0 Å². The van der Waals surface area contributed by atoms with E-state index in [9.17, 15) is 0 Å². The van der Waals surface area contributed by atoms with Crippen LogP contribution >= 0.6 is 0 Å². The highest BCUT2D eigenvalue weighted by Gasteiger charge is 2.38. The van der Waals surface area contributed by atoms with Gasteiger partial charge in [-0.3, -0.25) is 0 Å². The third kappa shape index (κ3) is 9.37. The van der Waals surface area contributed by atoms with E-state index in [0.29, 0.717) is 0 Å². The van der Waals surface area contributed by atoms with Gasteiger partial charge in [0.25, 0.3) is 0 Å². The smallest absolute Gasteiger partial charge is 0.0465 e. The van der Waals surface area contributed by atoms with Gasteiger partial charge in [-0.05, 0) is 176 Å². The van der Waals surface area contributed by atoms with Crippen LogP contribution in [0.25, 0.3) is 68.8 Å². The topological polar surface area (TPSA) is 6.48 Å². The van der Waals surface area contributed by atoms with Gasteiger partial charge in [0.1, 0.15) is 0 Å². The van der Waals surface area contributed by atoms with Crippen LogP contribution in [0.2, 0.25) is 0 Å². The fourth-order valence-corrected chi connectivity index (χ4v) is 12.2. The highest BCUT2D eigenvalue weighted by atomic mass is 15.1. The number of aryl methyl sites for hydroxylation is 2. The molecule has 0 bridgehead atoms. The molecule has 0 atom stereocenters. The molecular weight excluding hydrogens is 965 g/mol. The van der Waals surface area contributed by atoms with Crippen LogP contribution in [0.1, 0.15) is 83.3 Å². The highest BCUT2D eigenvalue weighted by molar-refractivity contribution is 5.89. The molecule has 2 nitrogen and oxygen atoms in total. The molecule has 0 aliphatic heterocycles. The molecular formula is C78H64N2. The van der Waals surface area contributed by atoms with E-state index in [1.54, 1.807) is 0 Å². The van der Waals surface area contributed by atoms with Gasteiger partial charge in [0, 0.05) is 45.0 Å². The molecule has 11 aromatic rings. The highest BCUT2D eigenvalue weighted by Crippen LogP contribution is 2.53. The first-order valence-electron chi connectivity index (χ1n) is 28.0. The predicted molar refractivity (Wildman–Crippen MR) is 342 cm³/mol. The summed E-state index contributed by atoms with van der Waals surface area (Å²) in [6, 6.07) is 93.7. The second-order valence-electron chi connectivity index (χ2n) is 22.8. The van der Waals surface area contributed by atoms with Crippen molar-refractivity contribution in [2.75, 3.05) is 9.80 Å². The third-order valence-corrected chi connectivity index (χ3v) is 16.8. The Morgan fingerprint density at radius 1 is 0.250 bits per heavy atom. The van der Waals surface area contributed by atoms with Gasteiger partial charge in [0.05, 0.1) is 0 Å². The number of fused-ring (bicyclic) bond motifs is 6. The van der Waals surface area contributed by atoms with E-state index in [4.69, 9.17) is 0 Å². The van der Waals surface area contributed by atoms with E-state index in [0.717, 1.165) is 34.1 Å². The standard InChI is InChI=1S/C78H64N2/c1-53-17-35-63(36-18-53)79(65-39-31-61(32-40-65)59-13-9-7-10-14-59)67-43-47-71-69-45-29-57(49-73(69)77(3,4)75(71)51-67)27-25-55-21-23-56(24-22-55)26-28-58-30-46-70-72-48-44-68(52-76(72)78(5,6)74(70)50-58)80(64-37-19-54(2)20-38-64)66-41-33-62(34-42-66)60-15-11-8-12-16-60/h7-52H,1-6H3/b27-25+,28-26+. The molecule has 0 heterocycles. The minimum absolute atomic E-state index is 0.183. The molecule has 0 amide bonds. The number of rotatable bonds is 12. The number of benzene rings is 11. The van der Waals surface area contributed by atoms with Gasteiger partial charge in [0.15, 0.2) is 0 Å². The maximum atomic E-state index is 2.42. The van der Waals surface area contributed by atoms with Gasteiger partial charge in [-0.15, -0.1) is 0 Å². The summed E-state index contributed by atoms with van der Waals surface area (Å²) in [5.74, 6) is 0. The van der Waals surface area contributed by atoms with Crippen LogP contribution in [-0.2, 0) is 10.8 Å². The van der Waals surface area contributed by atoms with E-state index >= 15 is 0 Å². The molecule has 0 saturated carbocycles. The van der Waals surface area contributed by atoms with E-state index in [2.05, 4.69) is 330 Å². The van der Waals surface area contributed by atoms with Crippen molar-refractivity contribution in [3.63, 3.8) is 0 Å². The second-order valence-corrected chi connectivity index (χ2v) is 22.8. The van der Waals surface area contributed by atoms with Crippen molar-refractivity contribution >= 4 is 58.4 Å².